The molecule has 5 heteroatoms. The van der Waals surface area contributed by atoms with Gasteiger partial charge in [0.1, 0.15) is 0 Å². The third kappa shape index (κ3) is 3.19. The van der Waals surface area contributed by atoms with E-state index in [1.54, 1.807) is 19.1 Å². The summed E-state index contributed by atoms with van der Waals surface area (Å²) in [4.78, 5) is 0.223. The Balaban J connectivity index is 2.51. The molecule has 0 spiro atoms. The lowest BCUT2D eigenvalue weighted by Crippen LogP contribution is -2.16. The van der Waals surface area contributed by atoms with Gasteiger partial charge in [-0.25, -0.2) is 8.42 Å². The van der Waals surface area contributed by atoms with Gasteiger partial charge in [-0.05, 0) is 68.1 Å². The summed E-state index contributed by atoms with van der Waals surface area (Å²) in [6, 6.07) is 9.07. The Morgan fingerprint density at radius 1 is 0.952 bits per heavy atom. The molecule has 0 aliphatic heterocycles. The minimum Gasteiger partial charge on any atom is -0.398 e. The van der Waals surface area contributed by atoms with Crippen LogP contribution in [0.1, 0.15) is 22.3 Å². The Hall–Kier alpha value is -2.01. The van der Waals surface area contributed by atoms with Crippen molar-refractivity contribution < 1.29 is 8.42 Å². The second-order valence-corrected chi connectivity index (χ2v) is 7.05. The largest absolute Gasteiger partial charge is 0.398 e. The molecule has 0 amide bonds. The van der Waals surface area contributed by atoms with Crippen molar-refractivity contribution in [1.29, 1.82) is 0 Å². The zero-order valence-corrected chi connectivity index (χ0v) is 13.5. The highest BCUT2D eigenvalue weighted by Gasteiger charge is 2.19. The number of aryl methyl sites for hydroxylation is 3. The fourth-order valence-corrected chi connectivity index (χ4v) is 3.66. The minimum atomic E-state index is -3.66. The monoisotopic (exact) mass is 304 g/mol. The van der Waals surface area contributed by atoms with Crippen LogP contribution in [0.3, 0.4) is 0 Å². The number of rotatable bonds is 3. The summed E-state index contributed by atoms with van der Waals surface area (Å²) in [5, 5.41) is 0. The van der Waals surface area contributed by atoms with Gasteiger partial charge in [0, 0.05) is 5.69 Å². The van der Waals surface area contributed by atoms with Gasteiger partial charge in [-0.3, -0.25) is 4.72 Å². The highest BCUT2D eigenvalue weighted by Crippen LogP contribution is 2.26. The van der Waals surface area contributed by atoms with Gasteiger partial charge >= 0.3 is 0 Å². The van der Waals surface area contributed by atoms with Gasteiger partial charge in [-0.2, -0.15) is 0 Å². The Kier molecular flexibility index (Phi) is 3.96. The first kappa shape index (κ1) is 15.4. The van der Waals surface area contributed by atoms with E-state index >= 15 is 0 Å². The summed E-state index contributed by atoms with van der Waals surface area (Å²) in [7, 11) is -3.66. The van der Waals surface area contributed by atoms with E-state index in [-0.39, 0.29) is 4.90 Å². The molecule has 0 saturated heterocycles. The Morgan fingerprint density at radius 3 is 2.29 bits per heavy atom. The van der Waals surface area contributed by atoms with Gasteiger partial charge in [-0.1, -0.05) is 12.1 Å². The van der Waals surface area contributed by atoms with E-state index in [4.69, 9.17) is 5.73 Å². The van der Waals surface area contributed by atoms with E-state index in [2.05, 4.69) is 4.72 Å². The van der Waals surface area contributed by atoms with E-state index in [9.17, 15) is 8.42 Å². The van der Waals surface area contributed by atoms with Crippen LogP contribution in [0, 0.1) is 27.7 Å². The van der Waals surface area contributed by atoms with Crippen molar-refractivity contribution in [1.82, 2.24) is 0 Å². The first-order valence-electron chi connectivity index (χ1n) is 6.67. The maximum Gasteiger partial charge on any atom is 0.262 e. The Labute approximate surface area is 126 Å². The molecular formula is C16H20N2O2S. The van der Waals surface area contributed by atoms with Crippen molar-refractivity contribution in [3.8, 4) is 0 Å². The number of anilines is 2. The zero-order chi connectivity index (χ0) is 15.8. The molecule has 112 valence electrons. The highest BCUT2D eigenvalue weighted by molar-refractivity contribution is 7.92. The standard InChI is InChI=1S/C16H20N2O2S/c1-10-5-6-12(3)15(8-10)18-21(19,20)16-9-11(2)7-14(17)13(16)4/h5-9,18H,17H2,1-4H3. The summed E-state index contributed by atoms with van der Waals surface area (Å²) < 4.78 is 27.9. The van der Waals surface area contributed by atoms with Crippen molar-refractivity contribution in [3.63, 3.8) is 0 Å². The van der Waals surface area contributed by atoms with Crippen LogP contribution in [0.2, 0.25) is 0 Å². The maximum absolute atomic E-state index is 12.6. The lowest BCUT2D eigenvalue weighted by molar-refractivity contribution is 0.600. The average molecular weight is 304 g/mol. The van der Waals surface area contributed by atoms with Crippen LogP contribution in [0.15, 0.2) is 35.2 Å². The fourth-order valence-electron chi connectivity index (χ4n) is 2.18. The summed E-state index contributed by atoms with van der Waals surface area (Å²) in [6.45, 7) is 7.33. The number of nitrogens with two attached hydrogens (primary N) is 1. The second-order valence-electron chi connectivity index (χ2n) is 5.40. The summed E-state index contributed by atoms with van der Waals surface area (Å²) >= 11 is 0. The lowest BCUT2D eigenvalue weighted by atomic mass is 10.1. The molecule has 0 bridgehead atoms. The number of nitrogens with one attached hydrogen (secondary N) is 1. The van der Waals surface area contributed by atoms with E-state index < -0.39 is 10.0 Å². The molecule has 21 heavy (non-hydrogen) atoms. The van der Waals surface area contributed by atoms with Gasteiger partial charge in [0.25, 0.3) is 10.0 Å². The maximum atomic E-state index is 12.6. The van der Waals surface area contributed by atoms with Crippen molar-refractivity contribution in [2.45, 2.75) is 32.6 Å². The van der Waals surface area contributed by atoms with Crippen molar-refractivity contribution in [3.05, 3.63) is 52.6 Å². The van der Waals surface area contributed by atoms with Crippen LogP contribution in [-0.2, 0) is 10.0 Å². The molecule has 0 heterocycles. The SMILES string of the molecule is Cc1ccc(C)c(NS(=O)(=O)c2cc(C)cc(N)c2C)c1. The first-order valence-corrected chi connectivity index (χ1v) is 8.16. The zero-order valence-electron chi connectivity index (χ0n) is 12.7. The summed E-state index contributed by atoms with van der Waals surface area (Å²) in [6.07, 6.45) is 0. The minimum absolute atomic E-state index is 0.223. The summed E-state index contributed by atoms with van der Waals surface area (Å²) in [5.74, 6) is 0. The molecule has 0 unspecified atom stereocenters. The highest BCUT2D eigenvalue weighted by atomic mass is 32.2. The predicted octanol–water partition coefficient (Wildman–Crippen LogP) is 3.30. The molecule has 3 N–H and O–H groups in total. The van der Waals surface area contributed by atoms with Gasteiger partial charge < -0.3 is 5.73 Å². The van der Waals surface area contributed by atoms with Crippen LogP contribution in [-0.4, -0.2) is 8.42 Å². The van der Waals surface area contributed by atoms with Crippen LogP contribution in [0.5, 0.6) is 0 Å². The number of hydrogen-bond acceptors (Lipinski definition) is 3. The number of hydrogen-bond donors (Lipinski definition) is 2. The Morgan fingerprint density at radius 2 is 1.62 bits per heavy atom. The van der Waals surface area contributed by atoms with Crippen LogP contribution in [0.4, 0.5) is 11.4 Å². The van der Waals surface area contributed by atoms with Gasteiger partial charge in [0.15, 0.2) is 0 Å². The van der Waals surface area contributed by atoms with Gasteiger partial charge in [-0.15, -0.1) is 0 Å². The van der Waals surface area contributed by atoms with E-state index in [1.165, 1.54) is 0 Å². The van der Waals surface area contributed by atoms with Crippen LogP contribution in [0.25, 0.3) is 0 Å². The molecule has 2 aromatic rings. The molecule has 0 saturated carbocycles. The lowest BCUT2D eigenvalue weighted by Gasteiger charge is -2.14. The van der Waals surface area contributed by atoms with Crippen molar-refractivity contribution >= 4 is 21.4 Å². The molecule has 2 rings (SSSR count). The van der Waals surface area contributed by atoms with E-state index in [0.717, 1.165) is 16.7 Å². The molecule has 0 aliphatic rings. The van der Waals surface area contributed by atoms with Crippen molar-refractivity contribution in [2.24, 2.45) is 0 Å². The number of nitrogen functional groups attached to an aromatic ring is 1. The molecule has 2 aromatic carbocycles. The number of benzene rings is 2. The van der Waals surface area contributed by atoms with Crippen molar-refractivity contribution in [2.75, 3.05) is 10.5 Å². The van der Waals surface area contributed by atoms with E-state index in [1.807, 2.05) is 39.0 Å². The summed E-state index contributed by atoms with van der Waals surface area (Å²) in [5.41, 5.74) is 10.2. The molecule has 0 fully saturated rings. The molecule has 4 nitrogen and oxygen atoms in total. The molecule has 0 radical (unpaired) electrons. The van der Waals surface area contributed by atoms with Crippen LogP contribution < -0.4 is 10.5 Å². The first-order chi connectivity index (χ1) is 9.70. The smallest absolute Gasteiger partial charge is 0.262 e. The number of sulfonamides is 1. The van der Waals surface area contributed by atoms with E-state index in [0.29, 0.717) is 16.9 Å². The fraction of sp³-hybridized carbons (Fsp3) is 0.250. The third-order valence-electron chi connectivity index (χ3n) is 3.47. The van der Waals surface area contributed by atoms with Crippen LogP contribution >= 0.6 is 0 Å². The normalized spacial score (nSPS) is 11.4. The quantitative estimate of drug-likeness (QED) is 0.855. The second kappa shape index (κ2) is 5.41. The molecule has 0 aromatic heterocycles. The molecule has 0 aliphatic carbocycles. The Bertz CT molecular complexity index is 796. The third-order valence-corrected chi connectivity index (χ3v) is 4.96. The van der Waals surface area contributed by atoms with Gasteiger partial charge in [0.2, 0.25) is 0 Å². The topological polar surface area (TPSA) is 72.2 Å². The molecule has 0 atom stereocenters. The predicted molar refractivity (Wildman–Crippen MR) is 87.1 cm³/mol. The molecular weight excluding hydrogens is 284 g/mol. The van der Waals surface area contributed by atoms with Gasteiger partial charge in [0.05, 0.1) is 10.6 Å². The average Bonchev–Trinajstić information content (AvgIpc) is 2.37.